The Morgan fingerprint density at radius 1 is 1.61 bits per heavy atom. The molecule has 0 aliphatic carbocycles. The number of benzene rings is 1. The Balaban J connectivity index is 2.68. The molecule has 1 atom stereocenters. The molecule has 0 aliphatic heterocycles. The minimum Gasteiger partial charge on any atom is -0.465 e. The van der Waals surface area contributed by atoms with Crippen LogP contribution in [0.5, 0.6) is 0 Å². The maximum Gasteiger partial charge on any atom is 0.337 e. The number of carbonyl (C=O) groups excluding carboxylic acids is 1. The van der Waals surface area contributed by atoms with Crippen molar-refractivity contribution in [3.63, 3.8) is 0 Å². The van der Waals surface area contributed by atoms with E-state index in [1.54, 1.807) is 12.1 Å². The first-order valence-corrected chi connectivity index (χ1v) is 6.58. The topological polar surface area (TPSA) is 38.3 Å². The Bertz CT molecular complexity index is 432. The van der Waals surface area contributed by atoms with Crippen LogP contribution in [-0.2, 0) is 11.3 Å². The van der Waals surface area contributed by atoms with Gasteiger partial charge in [0.2, 0.25) is 0 Å². The second-order valence-corrected chi connectivity index (χ2v) is 4.96. The summed E-state index contributed by atoms with van der Waals surface area (Å²) in [7, 11) is 1.38. The Morgan fingerprint density at radius 3 is 2.89 bits per heavy atom. The zero-order valence-corrected chi connectivity index (χ0v) is 12.3. The molecule has 4 heteroatoms. The van der Waals surface area contributed by atoms with Gasteiger partial charge >= 0.3 is 5.97 Å². The Labute approximate surface area is 116 Å². The number of esters is 1. The van der Waals surface area contributed by atoms with Gasteiger partial charge in [-0.1, -0.05) is 28.1 Å². The van der Waals surface area contributed by atoms with Gasteiger partial charge < -0.3 is 10.1 Å². The number of methoxy groups -OCH3 is 1. The summed E-state index contributed by atoms with van der Waals surface area (Å²) < 4.78 is 5.58. The van der Waals surface area contributed by atoms with Crippen LogP contribution >= 0.6 is 15.9 Å². The van der Waals surface area contributed by atoms with Gasteiger partial charge in [0.15, 0.2) is 0 Å². The Hall–Kier alpha value is -1.13. The molecule has 0 spiro atoms. The summed E-state index contributed by atoms with van der Waals surface area (Å²) in [6, 6.07) is 5.85. The zero-order valence-electron chi connectivity index (χ0n) is 10.7. The molecule has 0 aromatic heterocycles. The van der Waals surface area contributed by atoms with E-state index in [4.69, 9.17) is 0 Å². The van der Waals surface area contributed by atoms with Crippen molar-refractivity contribution < 1.29 is 9.53 Å². The highest BCUT2D eigenvalue weighted by Gasteiger charge is 2.08. The van der Waals surface area contributed by atoms with E-state index in [-0.39, 0.29) is 5.97 Å². The molecule has 0 radical (unpaired) electrons. The lowest BCUT2D eigenvalue weighted by Gasteiger charge is -2.13. The third-order valence-corrected chi connectivity index (χ3v) is 3.37. The second-order valence-electron chi connectivity index (χ2n) is 4.10. The van der Waals surface area contributed by atoms with Crippen LogP contribution < -0.4 is 5.32 Å². The van der Waals surface area contributed by atoms with E-state index in [0.29, 0.717) is 11.6 Å². The first kappa shape index (κ1) is 14.9. The third kappa shape index (κ3) is 4.27. The van der Waals surface area contributed by atoms with Crippen LogP contribution in [0.4, 0.5) is 0 Å². The lowest BCUT2D eigenvalue weighted by Crippen LogP contribution is -2.24. The molecule has 1 aromatic carbocycles. The first-order valence-electron chi connectivity index (χ1n) is 5.79. The molecule has 3 nitrogen and oxygen atoms in total. The number of ether oxygens (including phenoxy) is 1. The maximum atomic E-state index is 11.4. The van der Waals surface area contributed by atoms with E-state index in [9.17, 15) is 4.79 Å². The van der Waals surface area contributed by atoms with Crippen molar-refractivity contribution >= 4 is 21.9 Å². The van der Waals surface area contributed by atoms with Crippen LogP contribution in [-0.4, -0.2) is 19.1 Å². The SMILES string of the molecule is C=CCC(C)NCc1ccc(C(=O)OC)cc1Br. The highest BCUT2D eigenvalue weighted by atomic mass is 79.9. The molecule has 0 saturated carbocycles. The van der Waals surface area contributed by atoms with Gasteiger partial charge in [0, 0.05) is 17.1 Å². The molecule has 0 saturated heterocycles. The van der Waals surface area contributed by atoms with Crippen molar-refractivity contribution in [1.82, 2.24) is 5.32 Å². The lowest BCUT2D eigenvalue weighted by atomic mass is 10.1. The summed E-state index contributed by atoms with van der Waals surface area (Å²) in [5.41, 5.74) is 1.66. The highest BCUT2D eigenvalue weighted by molar-refractivity contribution is 9.10. The fourth-order valence-electron chi connectivity index (χ4n) is 1.55. The van der Waals surface area contributed by atoms with E-state index in [2.05, 4.69) is 39.5 Å². The van der Waals surface area contributed by atoms with E-state index >= 15 is 0 Å². The van der Waals surface area contributed by atoms with E-state index in [1.165, 1.54) is 7.11 Å². The van der Waals surface area contributed by atoms with Crippen LogP contribution in [0.2, 0.25) is 0 Å². The van der Waals surface area contributed by atoms with Gasteiger partial charge in [0.25, 0.3) is 0 Å². The maximum absolute atomic E-state index is 11.4. The number of carbonyl (C=O) groups is 1. The predicted molar refractivity (Wildman–Crippen MR) is 76.6 cm³/mol. The molecule has 18 heavy (non-hydrogen) atoms. The fraction of sp³-hybridized carbons (Fsp3) is 0.357. The van der Waals surface area contributed by atoms with E-state index in [1.807, 2.05) is 12.1 Å². The fourth-order valence-corrected chi connectivity index (χ4v) is 2.07. The molecule has 0 fully saturated rings. The van der Waals surface area contributed by atoms with Crippen LogP contribution in [0, 0.1) is 0 Å². The standard InChI is InChI=1S/C14H18BrNO2/c1-4-5-10(2)16-9-12-7-6-11(8-13(12)15)14(17)18-3/h4,6-8,10,16H,1,5,9H2,2-3H3. The molecule has 0 amide bonds. The monoisotopic (exact) mass is 311 g/mol. The van der Waals surface area contributed by atoms with E-state index < -0.39 is 0 Å². The van der Waals surface area contributed by atoms with Crippen molar-refractivity contribution in [3.05, 3.63) is 46.5 Å². The quantitative estimate of drug-likeness (QED) is 0.647. The van der Waals surface area contributed by atoms with Gasteiger partial charge in [-0.2, -0.15) is 0 Å². The van der Waals surface area contributed by atoms with Crippen LogP contribution in [0.25, 0.3) is 0 Å². The molecule has 0 heterocycles. The number of rotatable bonds is 6. The van der Waals surface area contributed by atoms with Crippen molar-refractivity contribution in [1.29, 1.82) is 0 Å². The Morgan fingerprint density at radius 2 is 2.33 bits per heavy atom. The normalized spacial score (nSPS) is 11.9. The minimum absolute atomic E-state index is 0.324. The third-order valence-electron chi connectivity index (χ3n) is 2.64. The van der Waals surface area contributed by atoms with Gasteiger partial charge in [-0.05, 0) is 31.0 Å². The summed E-state index contributed by atoms with van der Waals surface area (Å²) in [6.07, 6.45) is 2.82. The summed E-state index contributed by atoms with van der Waals surface area (Å²) >= 11 is 3.47. The van der Waals surface area contributed by atoms with Gasteiger partial charge in [-0.3, -0.25) is 0 Å². The number of hydrogen-bond acceptors (Lipinski definition) is 3. The summed E-state index contributed by atoms with van der Waals surface area (Å²) in [5, 5.41) is 3.39. The van der Waals surface area contributed by atoms with Gasteiger partial charge in [0.1, 0.15) is 0 Å². The smallest absolute Gasteiger partial charge is 0.337 e. The Kier molecular flexibility index (Phi) is 6.09. The summed E-state index contributed by atoms with van der Waals surface area (Å²) in [4.78, 5) is 11.4. The average Bonchev–Trinajstić information content (AvgIpc) is 2.36. The molecule has 98 valence electrons. The van der Waals surface area contributed by atoms with Gasteiger partial charge in [-0.25, -0.2) is 4.79 Å². The largest absolute Gasteiger partial charge is 0.465 e. The summed E-state index contributed by atoms with van der Waals surface area (Å²) in [6.45, 7) is 6.57. The molecular formula is C14H18BrNO2. The first-order chi connectivity index (χ1) is 8.58. The number of nitrogens with one attached hydrogen (secondary N) is 1. The minimum atomic E-state index is -0.324. The zero-order chi connectivity index (χ0) is 13.5. The van der Waals surface area contributed by atoms with Gasteiger partial charge in [0.05, 0.1) is 12.7 Å². The van der Waals surface area contributed by atoms with Crippen LogP contribution in [0.15, 0.2) is 35.3 Å². The highest BCUT2D eigenvalue weighted by Crippen LogP contribution is 2.19. The van der Waals surface area contributed by atoms with E-state index in [0.717, 1.165) is 23.0 Å². The number of halogens is 1. The van der Waals surface area contributed by atoms with Crippen molar-refractivity contribution in [2.45, 2.75) is 25.9 Å². The molecule has 1 N–H and O–H groups in total. The second kappa shape index (κ2) is 7.34. The molecule has 0 bridgehead atoms. The number of hydrogen-bond donors (Lipinski definition) is 1. The van der Waals surface area contributed by atoms with Crippen molar-refractivity contribution in [3.8, 4) is 0 Å². The van der Waals surface area contributed by atoms with Crippen LogP contribution in [0.3, 0.4) is 0 Å². The summed E-state index contributed by atoms with van der Waals surface area (Å²) in [5.74, 6) is -0.324. The lowest BCUT2D eigenvalue weighted by molar-refractivity contribution is 0.0600. The molecule has 1 rings (SSSR count). The predicted octanol–water partition coefficient (Wildman–Crippen LogP) is 3.29. The molecule has 0 aliphatic rings. The molecule has 1 unspecified atom stereocenters. The van der Waals surface area contributed by atoms with Gasteiger partial charge in [-0.15, -0.1) is 6.58 Å². The average molecular weight is 312 g/mol. The van der Waals surface area contributed by atoms with Crippen molar-refractivity contribution in [2.75, 3.05) is 7.11 Å². The molecule has 1 aromatic rings. The molecular weight excluding hydrogens is 294 g/mol. The van der Waals surface area contributed by atoms with Crippen LogP contribution in [0.1, 0.15) is 29.3 Å². The van der Waals surface area contributed by atoms with Crippen molar-refractivity contribution in [2.24, 2.45) is 0 Å².